The smallest absolute Gasteiger partial charge is 0.212 e. The number of carbonyl (C=O) groups is 1. The van der Waals surface area contributed by atoms with E-state index in [1.54, 1.807) is 0 Å². The molecule has 0 atom stereocenters. The molecular weight excluding hydrogens is 242 g/mol. The van der Waals surface area contributed by atoms with Gasteiger partial charge in [0.15, 0.2) is 0 Å². The van der Waals surface area contributed by atoms with Crippen molar-refractivity contribution in [3.05, 3.63) is 51.5 Å². The monoisotopic (exact) mass is 257 g/mol. The number of ketones is 1. The highest BCUT2D eigenvalue weighted by molar-refractivity contribution is 7.09. The Bertz CT molecular complexity index is 584. The second-order valence-electron chi connectivity index (χ2n) is 4.80. The molecule has 1 fully saturated rings. The Hall–Kier alpha value is -1.48. The van der Waals surface area contributed by atoms with Gasteiger partial charge in [-0.3, -0.25) is 4.79 Å². The van der Waals surface area contributed by atoms with Gasteiger partial charge < -0.3 is 0 Å². The molecule has 0 spiro atoms. The van der Waals surface area contributed by atoms with Crippen LogP contribution in [-0.2, 0) is 0 Å². The molecule has 1 aromatic heterocycles. The van der Waals surface area contributed by atoms with Gasteiger partial charge in [0.25, 0.3) is 0 Å². The van der Waals surface area contributed by atoms with E-state index in [0.717, 1.165) is 10.6 Å². The number of benzene rings is 1. The van der Waals surface area contributed by atoms with Gasteiger partial charge in [-0.25, -0.2) is 4.98 Å². The van der Waals surface area contributed by atoms with E-state index in [1.165, 1.54) is 36.2 Å². The fourth-order valence-corrected chi connectivity index (χ4v) is 2.98. The van der Waals surface area contributed by atoms with Gasteiger partial charge in [-0.1, -0.05) is 30.7 Å². The van der Waals surface area contributed by atoms with Crippen LogP contribution in [0.15, 0.2) is 29.6 Å². The lowest BCUT2D eigenvalue weighted by molar-refractivity contribution is 0.103. The van der Waals surface area contributed by atoms with Crippen LogP contribution in [0, 0.1) is 6.92 Å². The van der Waals surface area contributed by atoms with E-state index in [2.05, 4.69) is 11.1 Å². The molecule has 1 aromatic carbocycles. The van der Waals surface area contributed by atoms with E-state index >= 15 is 0 Å². The van der Waals surface area contributed by atoms with Crippen LogP contribution in [0.2, 0.25) is 0 Å². The highest BCUT2D eigenvalue weighted by Crippen LogP contribution is 2.38. The zero-order chi connectivity index (χ0) is 12.5. The molecule has 0 radical (unpaired) electrons. The fraction of sp³-hybridized carbons (Fsp3) is 0.333. The largest absolute Gasteiger partial charge is 0.287 e. The van der Waals surface area contributed by atoms with E-state index in [4.69, 9.17) is 0 Å². The lowest BCUT2D eigenvalue weighted by Gasteiger charge is -2.27. The number of rotatable bonds is 3. The minimum Gasteiger partial charge on any atom is -0.287 e. The minimum atomic E-state index is 0.0712. The van der Waals surface area contributed by atoms with E-state index in [-0.39, 0.29) is 5.78 Å². The van der Waals surface area contributed by atoms with Gasteiger partial charge in [0.1, 0.15) is 5.69 Å². The quantitative estimate of drug-likeness (QED) is 0.779. The van der Waals surface area contributed by atoms with E-state index in [9.17, 15) is 4.79 Å². The molecule has 0 amide bonds. The van der Waals surface area contributed by atoms with Gasteiger partial charge in [-0.15, -0.1) is 11.3 Å². The van der Waals surface area contributed by atoms with Gasteiger partial charge in [-0.2, -0.15) is 0 Å². The normalized spacial score (nSPS) is 15.4. The summed E-state index contributed by atoms with van der Waals surface area (Å²) in [7, 11) is 0. The van der Waals surface area contributed by atoms with E-state index < -0.39 is 0 Å². The zero-order valence-corrected chi connectivity index (χ0v) is 11.2. The number of aromatic nitrogens is 1. The Morgan fingerprint density at radius 3 is 2.72 bits per heavy atom. The standard InChI is InChI=1S/C15H15NOS/c1-10-16-14(9-18-10)15(17)13-8-3-2-7-12(13)11-5-4-6-11/h2-3,7-9,11H,4-6H2,1H3. The average molecular weight is 257 g/mol. The van der Waals surface area contributed by atoms with Crippen molar-refractivity contribution < 1.29 is 4.79 Å². The number of nitrogens with zero attached hydrogens (tertiary/aromatic N) is 1. The molecule has 0 N–H and O–H groups in total. The Labute approximate surface area is 111 Å². The van der Waals surface area contributed by atoms with Crippen molar-refractivity contribution >= 4 is 17.1 Å². The molecule has 18 heavy (non-hydrogen) atoms. The molecule has 0 aliphatic heterocycles. The van der Waals surface area contributed by atoms with Crippen LogP contribution in [0.25, 0.3) is 0 Å². The first kappa shape index (κ1) is 11.6. The van der Waals surface area contributed by atoms with Crippen LogP contribution in [0.5, 0.6) is 0 Å². The van der Waals surface area contributed by atoms with Crippen LogP contribution in [0.3, 0.4) is 0 Å². The molecule has 2 nitrogen and oxygen atoms in total. The molecule has 3 heteroatoms. The van der Waals surface area contributed by atoms with E-state index in [0.29, 0.717) is 11.6 Å². The van der Waals surface area contributed by atoms with Gasteiger partial charge in [0.05, 0.1) is 5.01 Å². The predicted octanol–water partition coefficient (Wildman–Crippen LogP) is 3.95. The third kappa shape index (κ3) is 1.99. The van der Waals surface area contributed by atoms with Gasteiger partial charge in [-0.05, 0) is 31.2 Å². The third-order valence-corrected chi connectivity index (χ3v) is 4.38. The molecule has 0 saturated heterocycles. The zero-order valence-electron chi connectivity index (χ0n) is 10.3. The molecule has 92 valence electrons. The first-order valence-corrected chi connectivity index (χ1v) is 7.19. The average Bonchev–Trinajstić information content (AvgIpc) is 2.74. The van der Waals surface area contributed by atoms with Crippen molar-refractivity contribution in [3.8, 4) is 0 Å². The number of thiazole rings is 1. The fourth-order valence-electron chi connectivity index (χ4n) is 2.38. The Morgan fingerprint density at radius 2 is 2.11 bits per heavy atom. The van der Waals surface area contributed by atoms with Crippen molar-refractivity contribution in [3.63, 3.8) is 0 Å². The molecule has 0 bridgehead atoms. The van der Waals surface area contributed by atoms with E-state index in [1.807, 2.05) is 30.5 Å². The van der Waals surface area contributed by atoms with Crippen molar-refractivity contribution in [2.45, 2.75) is 32.1 Å². The molecule has 1 aliphatic carbocycles. The first-order chi connectivity index (χ1) is 8.75. The molecule has 2 aromatic rings. The van der Waals surface area contributed by atoms with Crippen molar-refractivity contribution in [1.82, 2.24) is 4.98 Å². The summed E-state index contributed by atoms with van der Waals surface area (Å²) in [4.78, 5) is 16.8. The summed E-state index contributed by atoms with van der Waals surface area (Å²) in [6.07, 6.45) is 3.70. The molecule has 1 aliphatic rings. The maximum absolute atomic E-state index is 12.5. The van der Waals surface area contributed by atoms with Crippen molar-refractivity contribution in [2.75, 3.05) is 0 Å². The van der Waals surface area contributed by atoms with Crippen LogP contribution >= 0.6 is 11.3 Å². The number of aryl methyl sites for hydroxylation is 1. The summed E-state index contributed by atoms with van der Waals surface area (Å²) >= 11 is 1.53. The predicted molar refractivity (Wildman–Crippen MR) is 73.3 cm³/mol. The van der Waals surface area contributed by atoms with Crippen LogP contribution in [-0.4, -0.2) is 10.8 Å². The maximum atomic E-state index is 12.5. The molecule has 1 saturated carbocycles. The maximum Gasteiger partial charge on any atom is 0.212 e. The molecule has 3 rings (SSSR count). The van der Waals surface area contributed by atoms with Gasteiger partial charge in [0.2, 0.25) is 5.78 Å². The van der Waals surface area contributed by atoms with Gasteiger partial charge in [0, 0.05) is 10.9 Å². The van der Waals surface area contributed by atoms with Crippen LogP contribution < -0.4 is 0 Å². The summed E-state index contributed by atoms with van der Waals surface area (Å²) < 4.78 is 0. The summed E-state index contributed by atoms with van der Waals surface area (Å²) in [6, 6.07) is 7.99. The lowest BCUT2D eigenvalue weighted by Crippen LogP contribution is -2.14. The summed E-state index contributed by atoms with van der Waals surface area (Å²) in [5.74, 6) is 0.645. The summed E-state index contributed by atoms with van der Waals surface area (Å²) in [5.41, 5.74) is 2.64. The highest BCUT2D eigenvalue weighted by atomic mass is 32.1. The Morgan fingerprint density at radius 1 is 1.33 bits per heavy atom. The molecule has 0 unspecified atom stereocenters. The number of hydrogen-bond acceptors (Lipinski definition) is 3. The second-order valence-corrected chi connectivity index (χ2v) is 5.86. The van der Waals surface area contributed by atoms with Gasteiger partial charge >= 0.3 is 0 Å². The van der Waals surface area contributed by atoms with Crippen molar-refractivity contribution in [1.29, 1.82) is 0 Å². The lowest BCUT2D eigenvalue weighted by atomic mass is 9.77. The Kier molecular flexibility index (Phi) is 3.00. The number of carbonyl (C=O) groups excluding carboxylic acids is 1. The third-order valence-electron chi connectivity index (χ3n) is 3.60. The summed E-state index contributed by atoms with van der Waals surface area (Å²) in [6.45, 7) is 1.93. The number of hydrogen-bond donors (Lipinski definition) is 0. The van der Waals surface area contributed by atoms with Crippen LogP contribution in [0.1, 0.15) is 51.8 Å². The topological polar surface area (TPSA) is 30.0 Å². The molecular formula is C15H15NOS. The highest BCUT2D eigenvalue weighted by Gasteiger charge is 2.25. The van der Waals surface area contributed by atoms with Crippen molar-refractivity contribution in [2.24, 2.45) is 0 Å². The second kappa shape index (κ2) is 4.65. The SMILES string of the molecule is Cc1nc(C(=O)c2ccccc2C2CCC2)cs1. The van der Waals surface area contributed by atoms with Crippen LogP contribution in [0.4, 0.5) is 0 Å². The first-order valence-electron chi connectivity index (χ1n) is 6.31. The molecule has 1 heterocycles. The summed E-state index contributed by atoms with van der Waals surface area (Å²) in [5, 5.41) is 2.80. The minimum absolute atomic E-state index is 0.0712. The Balaban J connectivity index is 1.98.